The molecule has 0 atom stereocenters. The number of benzene rings is 2. The van der Waals surface area contributed by atoms with Crippen LogP contribution < -0.4 is 20.3 Å². The Labute approximate surface area is 217 Å². The summed E-state index contributed by atoms with van der Waals surface area (Å²) in [6.45, 7) is 3.93. The predicted octanol–water partition coefficient (Wildman–Crippen LogP) is 5.17. The van der Waals surface area contributed by atoms with Gasteiger partial charge in [0.1, 0.15) is 16.5 Å². The Morgan fingerprint density at radius 2 is 1.66 bits per heavy atom. The lowest BCUT2D eigenvalue weighted by molar-refractivity contribution is -0.274. The monoisotopic (exact) mass is 547 g/mol. The molecule has 0 aliphatic carbocycles. The molecule has 4 aromatic rings. The Morgan fingerprint density at radius 3 is 2.26 bits per heavy atom. The molecule has 0 aliphatic heterocycles. The largest absolute Gasteiger partial charge is 0.573 e. The summed E-state index contributed by atoms with van der Waals surface area (Å²) in [6, 6.07) is 10.8. The zero-order valence-corrected chi connectivity index (χ0v) is 20.8. The van der Waals surface area contributed by atoms with Crippen molar-refractivity contribution in [3.8, 4) is 17.2 Å². The van der Waals surface area contributed by atoms with Crippen LogP contribution in [0.25, 0.3) is 16.5 Å². The second-order valence-electron chi connectivity index (χ2n) is 7.59. The van der Waals surface area contributed by atoms with Gasteiger partial charge in [0.15, 0.2) is 5.69 Å². The third kappa shape index (κ3) is 5.78. The van der Waals surface area contributed by atoms with Crippen LogP contribution >= 0.6 is 11.3 Å². The van der Waals surface area contributed by atoms with Crippen molar-refractivity contribution in [3.63, 3.8) is 0 Å². The molecule has 2 aromatic carbocycles. The molecule has 0 fully saturated rings. The fraction of sp³-hybridized carbons (Fsp3) is 0.200. The summed E-state index contributed by atoms with van der Waals surface area (Å²) in [5, 5.41) is 8.60. The maximum atomic E-state index is 13.5. The average molecular weight is 548 g/mol. The molecule has 0 radical (unpaired) electrons. The molecule has 1 amide bonds. The second kappa shape index (κ2) is 10.9. The third-order valence-corrected chi connectivity index (χ3v) is 5.99. The number of thiophene rings is 1. The molecular weight excluding hydrogens is 527 g/mol. The van der Waals surface area contributed by atoms with Gasteiger partial charge in [0.2, 0.25) is 0 Å². The number of nitrogens with one attached hydrogen (secondary N) is 1. The SMILES string of the molecule is CCOC(=O)c1nn(-c2ccc(OC(F)(F)F)cc2)c(=O)c2c(NC(=O)c3ccc(OCC)cc3)scc12. The molecule has 2 heterocycles. The molecule has 38 heavy (non-hydrogen) atoms. The number of halogens is 3. The quantitative estimate of drug-likeness (QED) is 0.303. The first-order chi connectivity index (χ1) is 18.1. The van der Waals surface area contributed by atoms with Crippen molar-refractivity contribution in [3.05, 3.63) is 75.5 Å². The fourth-order valence-electron chi connectivity index (χ4n) is 3.50. The van der Waals surface area contributed by atoms with Gasteiger partial charge >= 0.3 is 12.3 Å². The van der Waals surface area contributed by atoms with Gasteiger partial charge in [-0.3, -0.25) is 9.59 Å². The van der Waals surface area contributed by atoms with Crippen LogP contribution in [0.1, 0.15) is 34.7 Å². The number of alkyl halides is 3. The van der Waals surface area contributed by atoms with Crippen molar-refractivity contribution in [2.45, 2.75) is 20.2 Å². The molecule has 0 saturated carbocycles. The standard InChI is InChI=1S/C25H20F3N3O6S/c1-3-35-16-9-5-14(6-10-16)21(32)29-22-19-18(13-38-22)20(24(34)36-4-2)30-31(23(19)33)15-7-11-17(12-8-15)37-25(26,27)28/h5-13H,3-4H2,1-2H3,(H,29,32). The van der Waals surface area contributed by atoms with Crippen LogP contribution in [0.4, 0.5) is 18.2 Å². The highest BCUT2D eigenvalue weighted by atomic mass is 32.1. The fourth-order valence-corrected chi connectivity index (χ4v) is 4.43. The van der Waals surface area contributed by atoms with E-state index in [2.05, 4.69) is 15.2 Å². The van der Waals surface area contributed by atoms with Gasteiger partial charge in [-0.1, -0.05) is 0 Å². The van der Waals surface area contributed by atoms with E-state index in [1.54, 1.807) is 31.2 Å². The number of nitrogens with zero attached hydrogens (tertiary/aromatic N) is 2. The summed E-state index contributed by atoms with van der Waals surface area (Å²) in [7, 11) is 0. The first-order valence-corrected chi connectivity index (χ1v) is 12.1. The molecule has 0 bridgehead atoms. The smallest absolute Gasteiger partial charge is 0.494 e. The summed E-state index contributed by atoms with van der Waals surface area (Å²) in [5.74, 6) is -1.23. The number of fused-ring (bicyclic) bond motifs is 1. The van der Waals surface area contributed by atoms with E-state index in [1.807, 2.05) is 6.92 Å². The summed E-state index contributed by atoms with van der Waals surface area (Å²) >= 11 is 1.01. The summed E-state index contributed by atoms with van der Waals surface area (Å²) in [6.07, 6.45) is -4.89. The zero-order chi connectivity index (χ0) is 27.4. The van der Waals surface area contributed by atoms with E-state index in [1.165, 1.54) is 17.5 Å². The zero-order valence-electron chi connectivity index (χ0n) is 20.0. The molecule has 0 saturated heterocycles. The first kappa shape index (κ1) is 26.7. The van der Waals surface area contributed by atoms with Crippen molar-refractivity contribution in [1.82, 2.24) is 9.78 Å². The minimum Gasteiger partial charge on any atom is -0.494 e. The third-order valence-electron chi connectivity index (χ3n) is 5.09. The Balaban J connectivity index is 1.77. The number of anilines is 1. The normalized spacial score (nSPS) is 11.3. The lowest BCUT2D eigenvalue weighted by atomic mass is 10.2. The minimum atomic E-state index is -4.89. The van der Waals surface area contributed by atoms with Crippen LogP contribution in [0.3, 0.4) is 0 Å². The summed E-state index contributed by atoms with van der Waals surface area (Å²) < 4.78 is 52.7. The van der Waals surface area contributed by atoms with Crippen LogP contribution in [0, 0.1) is 0 Å². The summed E-state index contributed by atoms with van der Waals surface area (Å²) in [4.78, 5) is 39.0. The van der Waals surface area contributed by atoms with Gasteiger partial charge in [-0.05, 0) is 62.4 Å². The molecule has 0 spiro atoms. The van der Waals surface area contributed by atoms with Crippen LogP contribution in [0.5, 0.6) is 11.5 Å². The highest BCUT2D eigenvalue weighted by Crippen LogP contribution is 2.31. The van der Waals surface area contributed by atoms with Gasteiger partial charge in [0.25, 0.3) is 11.5 Å². The van der Waals surface area contributed by atoms with Gasteiger partial charge in [0, 0.05) is 16.3 Å². The topological polar surface area (TPSA) is 109 Å². The van der Waals surface area contributed by atoms with Crippen molar-refractivity contribution in [1.29, 1.82) is 0 Å². The number of rotatable bonds is 8. The van der Waals surface area contributed by atoms with Crippen LogP contribution in [0.2, 0.25) is 0 Å². The van der Waals surface area contributed by atoms with Gasteiger partial charge in [-0.25, -0.2) is 4.79 Å². The molecule has 1 N–H and O–H groups in total. The number of hydrogen-bond donors (Lipinski definition) is 1. The van der Waals surface area contributed by atoms with Crippen LogP contribution in [0.15, 0.2) is 58.7 Å². The molecule has 9 nitrogen and oxygen atoms in total. The van der Waals surface area contributed by atoms with E-state index >= 15 is 0 Å². The van der Waals surface area contributed by atoms with Crippen molar-refractivity contribution < 1.29 is 37.0 Å². The molecule has 198 valence electrons. The predicted molar refractivity (Wildman–Crippen MR) is 133 cm³/mol. The Bertz CT molecular complexity index is 1530. The van der Waals surface area contributed by atoms with Gasteiger partial charge < -0.3 is 19.5 Å². The van der Waals surface area contributed by atoms with Crippen molar-refractivity contribution >= 4 is 39.0 Å². The maximum absolute atomic E-state index is 13.5. The van der Waals surface area contributed by atoms with E-state index in [0.717, 1.165) is 28.2 Å². The van der Waals surface area contributed by atoms with Gasteiger partial charge in [0.05, 0.1) is 24.3 Å². The van der Waals surface area contributed by atoms with E-state index in [9.17, 15) is 27.6 Å². The molecule has 0 unspecified atom stereocenters. The van der Waals surface area contributed by atoms with Crippen molar-refractivity contribution in [2.75, 3.05) is 18.5 Å². The van der Waals surface area contributed by atoms with Crippen LogP contribution in [-0.4, -0.2) is 41.2 Å². The van der Waals surface area contributed by atoms with Gasteiger partial charge in [-0.2, -0.15) is 9.78 Å². The number of amides is 1. The number of aromatic nitrogens is 2. The van der Waals surface area contributed by atoms with E-state index in [-0.39, 0.29) is 33.8 Å². The van der Waals surface area contributed by atoms with Gasteiger partial charge in [-0.15, -0.1) is 24.5 Å². The van der Waals surface area contributed by atoms with E-state index < -0.39 is 29.5 Å². The second-order valence-corrected chi connectivity index (χ2v) is 8.47. The number of carbonyl (C=O) groups excluding carboxylic acids is 2. The highest BCUT2D eigenvalue weighted by molar-refractivity contribution is 7.16. The van der Waals surface area contributed by atoms with E-state index in [0.29, 0.717) is 17.9 Å². The lowest BCUT2D eigenvalue weighted by Gasteiger charge is -2.12. The van der Waals surface area contributed by atoms with E-state index in [4.69, 9.17) is 9.47 Å². The number of esters is 1. The molecule has 13 heteroatoms. The van der Waals surface area contributed by atoms with Crippen molar-refractivity contribution in [2.24, 2.45) is 0 Å². The maximum Gasteiger partial charge on any atom is 0.573 e. The highest BCUT2D eigenvalue weighted by Gasteiger charge is 2.31. The number of ether oxygens (including phenoxy) is 3. The average Bonchev–Trinajstić information content (AvgIpc) is 3.29. The molecule has 0 aliphatic rings. The Kier molecular flexibility index (Phi) is 7.67. The first-order valence-electron chi connectivity index (χ1n) is 11.2. The lowest BCUT2D eigenvalue weighted by Crippen LogP contribution is -2.25. The Hall–Kier alpha value is -4.39. The molecule has 2 aromatic heterocycles. The summed E-state index contributed by atoms with van der Waals surface area (Å²) in [5.41, 5.74) is -0.544. The molecule has 4 rings (SSSR count). The Morgan fingerprint density at radius 1 is 1.00 bits per heavy atom. The molecular formula is C25H20F3N3O6S. The number of carbonyl (C=O) groups is 2. The number of hydrogen-bond acceptors (Lipinski definition) is 8. The minimum absolute atomic E-state index is 0.0112. The van der Waals surface area contributed by atoms with Crippen LogP contribution in [-0.2, 0) is 4.74 Å².